The highest BCUT2D eigenvalue weighted by Gasteiger charge is 2.13. The van der Waals surface area contributed by atoms with Gasteiger partial charge in [0.05, 0.1) is 5.69 Å². The normalized spacial score (nSPS) is 10.2. The lowest BCUT2D eigenvalue weighted by Crippen LogP contribution is -2.14. The summed E-state index contributed by atoms with van der Waals surface area (Å²) in [6.45, 7) is 1.88. The van der Waals surface area contributed by atoms with Gasteiger partial charge < -0.3 is 4.98 Å². The molecule has 96 valence electrons. The number of hydrogen-bond acceptors (Lipinski definition) is 4. The quantitative estimate of drug-likeness (QED) is 0.682. The lowest BCUT2D eigenvalue weighted by atomic mass is 10.1. The summed E-state index contributed by atoms with van der Waals surface area (Å²) >= 11 is 7.38. The maximum Gasteiger partial charge on any atom is 0.270 e. The van der Waals surface area contributed by atoms with Crippen molar-refractivity contribution in [3.05, 3.63) is 44.7 Å². The van der Waals surface area contributed by atoms with Crippen molar-refractivity contribution in [1.82, 2.24) is 9.97 Å². The van der Waals surface area contributed by atoms with E-state index in [-0.39, 0.29) is 5.56 Å². The number of nitriles is 1. The van der Waals surface area contributed by atoms with Crippen LogP contribution in [-0.2, 0) is 0 Å². The van der Waals surface area contributed by atoms with Crippen LogP contribution in [0.4, 0.5) is 0 Å². The molecule has 19 heavy (non-hydrogen) atoms. The molecule has 1 aromatic heterocycles. The van der Waals surface area contributed by atoms with E-state index in [1.54, 1.807) is 18.4 Å². The Bertz CT molecular complexity index is 734. The number of nitrogens with zero attached hydrogens (tertiary/aromatic N) is 2. The Labute approximate surface area is 119 Å². The molecule has 2 rings (SSSR count). The predicted molar refractivity (Wildman–Crippen MR) is 76.5 cm³/mol. The molecule has 0 radical (unpaired) electrons. The summed E-state index contributed by atoms with van der Waals surface area (Å²) in [5.74, 6) is 0. The molecule has 0 aliphatic carbocycles. The topological polar surface area (TPSA) is 69.5 Å². The Morgan fingerprint density at radius 2 is 2.21 bits per heavy atom. The first-order chi connectivity index (χ1) is 9.06. The van der Waals surface area contributed by atoms with Crippen LogP contribution in [0.25, 0.3) is 11.3 Å². The van der Waals surface area contributed by atoms with Crippen molar-refractivity contribution in [2.45, 2.75) is 12.1 Å². The lowest BCUT2D eigenvalue weighted by Gasteiger charge is -2.06. The first-order valence-corrected chi connectivity index (χ1v) is 7.02. The van der Waals surface area contributed by atoms with Crippen LogP contribution < -0.4 is 5.56 Å². The standard InChI is InChI=1S/C13H10ClN3OS/c1-7-3-4-8(5-10(7)14)11-9(6-15)12(18)17-13(16-11)19-2/h3-5H,1-2H3,(H,16,17,18). The Hall–Kier alpha value is -1.77. The summed E-state index contributed by atoms with van der Waals surface area (Å²) in [5, 5.41) is 10.1. The number of rotatable bonds is 2. The van der Waals surface area contributed by atoms with Crippen LogP contribution in [0, 0.1) is 18.3 Å². The van der Waals surface area contributed by atoms with E-state index in [4.69, 9.17) is 16.9 Å². The van der Waals surface area contributed by atoms with Gasteiger partial charge >= 0.3 is 0 Å². The van der Waals surface area contributed by atoms with Gasteiger partial charge in [-0.1, -0.05) is 35.5 Å². The van der Waals surface area contributed by atoms with Gasteiger partial charge in [-0.15, -0.1) is 0 Å². The minimum atomic E-state index is -0.437. The molecular weight excluding hydrogens is 282 g/mol. The van der Waals surface area contributed by atoms with Crippen LogP contribution in [0.2, 0.25) is 5.02 Å². The van der Waals surface area contributed by atoms with Crippen molar-refractivity contribution in [3.8, 4) is 17.3 Å². The number of hydrogen-bond donors (Lipinski definition) is 1. The van der Waals surface area contributed by atoms with Crippen molar-refractivity contribution in [3.63, 3.8) is 0 Å². The van der Waals surface area contributed by atoms with E-state index in [0.717, 1.165) is 5.56 Å². The van der Waals surface area contributed by atoms with E-state index < -0.39 is 5.56 Å². The number of nitrogens with one attached hydrogen (secondary N) is 1. The second-order valence-electron chi connectivity index (χ2n) is 3.87. The lowest BCUT2D eigenvalue weighted by molar-refractivity contribution is 0.937. The van der Waals surface area contributed by atoms with Crippen molar-refractivity contribution < 1.29 is 0 Å². The second kappa shape index (κ2) is 5.47. The molecule has 2 aromatic rings. The predicted octanol–water partition coefficient (Wildman–Crippen LogP) is 2.99. The summed E-state index contributed by atoms with van der Waals surface area (Å²) in [5.41, 5.74) is 1.51. The maximum atomic E-state index is 11.8. The Morgan fingerprint density at radius 1 is 1.47 bits per heavy atom. The molecule has 0 atom stereocenters. The summed E-state index contributed by atoms with van der Waals surface area (Å²) in [7, 11) is 0. The highest BCUT2D eigenvalue weighted by Crippen LogP contribution is 2.26. The fourth-order valence-electron chi connectivity index (χ4n) is 1.60. The molecule has 0 aliphatic rings. The van der Waals surface area contributed by atoms with Gasteiger partial charge in [-0.2, -0.15) is 5.26 Å². The highest BCUT2D eigenvalue weighted by atomic mass is 35.5. The molecule has 0 amide bonds. The number of aromatic amines is 1. The Morgan fingerprint density at radius 3 is 2.79 bits per heavy atom. The van der Waals surface area contributed by atoms with Crippen molar-refractivity contribution in [2.24, 2.45) is 0 Å². The van der Waals surface area contributed by atoms with E-state index >= 15 is 0 Å². The van der Waals surface area contributed by atoms with Gasteiger partial charge in [-0.25, -0.2) is 4.98 Å². The smallest absolute Gasteiger partial charge is 0.270 e. The zero-order valence-corrected chi connectivity index (χ0v) is 11.9. The fraction of sp³-hybridized carbons (Fsp3) is 0.154. The van der Waals surface area contributed by atoms with Crippen LogP contribution in [0.5, 0.6) is 0 Å². The van der Waals surface area contributed by atoms with E-state index in [2.05, 4.69) is 9.97 Å². The highest BCUT2D eigenvalue weighted by molar-refractivity contribution is 7.98. The number of H-pyrrole nitrogens is 1. The Kier molecular flexibility index (Phi) is 3.93. The average molecular weight is 292 g/mol. The van der Waals surface area contributed by atoms with E-state index in [1.807, 2.05) is 19.1 Å². The van der Waals surface area contributed by atoms with Crippen molar-refractivity contribution in [2.75, 3.05) is 6.26 Å². The van der Waals surface area contributed by atoms with Crippen molar-refractivity contribution in [1.29, 1.82) is 5.26 Å². The second-order valence-corrected chi connectivity index (χ2v) is 5.08. The monoisotopic (exact) mass is 291 g/mol. The van der Waals surface area contributed by atoms with Gasteiger partial charge in [-0.05, 0) is 24.8 Å². The van der Waals surface area contributed by atoms with E-state index in [1.165, 1.54) is 11.8 Å². The first kappa shape index (κ1) is 13.7. The molecular formula is C13H10ClN3OS. The SMILES string of the molecule is CSc1nc(-c2ccc(C)c(Cl)c2)c(C#N)c(=O)[nH]1. The zero-order chi connectivity index (χ0) is 14.0. The molecule has 0 saturated heterocycles. The third-order valence-electron chi connectivity index (χ3n) is 2.65. The van der Waals surface area contributed by atoms with Crippen molar-refractivity contribution >= 4 is 23.4 Å². The summed E-state index contributed by atoms with van der Waals surface area (Å²) in [6, 6.07) is 7.23. The number of aromatic nitrogens is 2. The van der Waals surface area contributed by atoms with Crippen LogP contribution in [-0.4, -0.2) is 16.2 Å². The summed E-state index contributed by atoms with van der Waals surface area (Å²) < 4.78 is 0. The summed E-state index contributed by atoms with van der Waals surface area (Å²) in [6.07, 6.45) is 1.80. The minimum Gasteiger partial charge on any atom is -0.300 e. The number of halogens is 1. The van der Waals surface area contributed by atoms with Gasteiger partial charge in [0.1, 0.15) is 11.6 Å². The summed E-state index contributed by atoms with van der Waals surface area (Å²) in [4.78, 5) is 18.7. The average Bonchev–Trinajstić information content (AvgIpc) is 2.41. The Balaban J connectivity index is 2.73. The fourth-order valence-corrected chi connectivity index (χ4v) is 2.16. The first-order valence-electron chi connectivity index (χ1n) is 5.41. The van der Waals surface area contributed by atoms with Gasteiger partial charge in [-0.3, -0.25) is 4.79 Å². The number of thioether (sulfide) groups is 1. The number of benzene rings is 1. The van der Waals surface area contributed by atoms with E-state index in [9.17, 15) is 4.79 Å². The molecule has 0 spiro atoms. The number of aryl methyl sites for hydroxylation is 1. The van der Waals surface area contributed by atoms with Crippen LogP contribution in [0.1, 0.15) is 11.1 Å². The molecule has 0 saturated carbocycles. The van der Waals surface area contributed by atoms with E-state index in [0.29, 0.717) is 21.4 Å². The molecule has 0 aliphatic heterocycles. The largest absolute Gasteiger partial charge is 0.300 e. The van der Waals surface area contributed by atoms with Gasteiger partial charge in [0, 0.05) is 10.6 Å². The third-order valence-corrected chi connectivity index (χ3v) is 3.64. The third kappa shape index (κ3) is 2.65. The van der Waals surface area contributed by atoms with Gasteiger partial charge in [0.25, 0.3) is 5.56 Å². The molecule has 1 N–H and O–H groups in total. The molecule has 4 nitrogen and oxygen atoms in total. The molecule has 6 heteroatoms. The molecule has 1 aromatic carbocycles. The van der Waals surface area contributed by atoms with Crippen LogP contribution in [0.3, 0.4) is 0 Å². The molecule has 0 unspecified atom stereocenters. The molecule has 0 fully saturated rings. The molecule has 0 bridgehead atoms. The minimum absolute atomic E-state index is 0.00211. The zero-order valence-electron chi connectivity index (χ0n) is 10.3. The van der Waals surface area contributed by atoms with Crippen LogP contribution >= 0.6 is 23.4 Å². The molecule has 1 heterocycles. The van der Waals surface area contributed by atoms with Crippen LogP contribution in [0.15, 0.2) is 28.2 Å². The van der Waals surface area contributed by atoms with Gasteiger partial charge in [0.15, 0.2) is 5.16 Å². The van der Waals surface area contributed by atoms with Gasteiger partial charge in [0.2, 0.25) is 0 Å². The maximum absolute atomic E-state index is 11.8.